The standard InChI is InChI=1S/C15H14N2OS/c1-12-5-7-13(8-6-12)10-14(11-16)19-15-4-2-3-9-17(15)18/h2-9,14H,10H2,1H3/t14-/m0/s1. The van der Waals surface area contributed by atoms with Gasteiger partial charge in [0.1, 0.15) is 5.25 Å². The Morgan fingerprint density at radius 3 is 2.63 bits per heavy atom. The summed E-state index contributed by atoms with van der Waals surface area (Å²) in [5.74, 6) is 0. The fraction of sp³-hybridized carbons (Fsp3) is 0.200. The van der Waals surface area contributed by atoms with Crippen molar-refractivity contribution in [3.63, 3.8) is 0 Å². The summed E-state index contributed by atoms with van der Waals surface area (Å²) in [6.45, 7) is 2.03. The van der Waals surface area contributed by atoms with E-state index >= 15 is 0 Å². The second-order valence-electron chi connectivity index (χ2n) is 4.29. The van der Waals surface area contributed by atoms with Crippen molar-refractivity contribution in [3.05, 3.63) is 65.0 Å². The molecule has 2 rings (SSSR count). The van der Waals surface area contributed by atoms with Crippen molar-refractivity contribution >= 4 is 11.8 Å². The molecule has 1 heterocycles. The van der Waals surface area contributed by atoms with Crippen LogP contribution in [0.3, 0.4) is 0 Å². The number of nitriles is 1. The molecule has 0 spiro atoms. The SMILES string of the molecule is Cc1ccc(C[C@@H](C#N)Sc2cccc[n+]2[O-])cc1. The van der Waals surface area contributed by atoms with Gasteiger partial charge in [0, 0.05) is 12.1 Å². The Bertz CT molecular complexity index is 590. The third-order valence-electron chi connectivity index (χ3n) is 2.74. The van der Waals surface area contributed by atoms with Crippen LogP contribution >= 0.6 is 11.8 Å². The molecule has 0 aliphatic rings. The first-order chi connectivity index (χ1) is 9.19. The molecule has 0 fully saturated rings. The Morgan fingerprint density at radius 2 is 2.00 bits per heavy atom. The van der Waals surface area contributed by atoms with Crippen molar-refractivity contribution in [1.29, 1.82) is 5.26 Å². The molecule has 19 heavy (non-hydrogen) atoms. The molecule has 1 aromatic heterocycles. The van der Waals surface area contributed by atoms with Crippen molar-refractivity contribution < 1.29 is 4.73 Å². The summed E-state index contributed by atoms with van der Waals surface area (Å²) in [6.07, 6.45) is 2.08. The van der Waals surface area contributed by atoms with Crippen LogP contribution in [-0.2, 0) is 6.42 Å². The molecule has 0 radical (unpaired) electrons. The second kappa shape index (κ2) is 6.26. The van der Waals surface area contributed by atoms with Gasteiger partial charge in [-0.15, -0.1) is 0 Å². The quantitative estimate of drug-likeness (QED) is 0.487. The molecule has 0 saturated heterocycles. The first kappa shape index (κ1) is 13.4. The summed E-state index contributed by atoms with van der Waals surface area (Å²) in [7, 11) is 0. The number of aryl methyl sites for hydroxylation is 1. The number of aromatic nitrogens is 1. The Balaban J connectivity index is 2.07. The monoisotopic (exact) mass is 270 g/mol. The van der Waals surface area contributed by atoms with Gasteiger partial charge in [-0.3, -0.25) is 0 Å². The molecule has 96 valence electrons. The second-order valence-corrected chi connectivity index (χ2v) is 5.51. The largest absolute Gasteiger partial charge is 0.618 e. The predicted octanol–water partition coefficient (Wildman–Crippen LogP) is 2.86. The van der Waals surface area contributed by atoms with Gasteiger partial charge >= 0.3 is 0 Å². The number of hydrogen-bond acceptors (Lipinski definition) is 3. The minimum absolute atomic E-state index is 0.259. The van der Waals surface area contributed by atoms with Crippen LogP contribution in [0.15, 0.2) is 53.7 Å². The molecule has 0 unspecified atom stereocenters. The maximum Gasteiger partial charge on any atom is 0.252 e. The Morgan fingerprint density at radius 1 is 1.26 bits per heavy atom. The highest BCUT2D eigenvalue weighted by molar-refractivity contribution is 8.00. The summed E-state index contributed by atoms with van der Waals surface area (Å²) in [4.78, 5) is 0. The van der Waals surface area contributed by atoms with E-state index in [2.05, 4.69) is 6.07 Å². The number of rotatable bonds is 4. The van der Waals surface area contributed by atoms with Crippen LogP contribution in [0.5, 0.6) is 0 Å². The van der Waals surface area contributed by atoms with Crippen LogP contribution in [0, 0.1) is 23.5 Å². The van der Waals surface area contributed by atoms with Gasteiger partial charge < -0.3 is 5.21 Å². The zero-order valence-corrected chi connectivity index (χ0v) is 11.4. The molecule has 2 aromatic rings. The Kier molecular flexibility index (Phi) is 4.43. The van der Waals surface area contributed by atoms with Crippen LogP contribution in [0.1, 0.15) is 11.1 Å². The highest BCUT2D eigenvalue weighted by Gasteiger charge is 2.15. The van der Waals surface area contributed by atoms with Crippen LogP contribution in [0.2, 0.25) is 0 Å². The van der Waals surface area contributed by atoms with E-state index < -0.39 is 0 Å². The summed E-state index contributed by atoms with van der Waals surface area (Å²) in [5.41, 5.74) is 2.31. The lowest BCUT2D eigenvalue weighted by molar-refractivity contribution is -0.645. The smallest absolute Gasteiger partial charge is 0.252 e. The molecule has 0 saturated carbocycles. The molecule has 0 aliphatic carbocycles. The Labute approximate surface area is 117 Å². The first-order valence-electron chi connectivity index (χ1n) is 5.99. The van der Waals surface area contributed by atoms with Crippen molar-refractivity contribution in [2.75, 3.05) is 0 Å². The zero-order valence-electron chi connectivity index (χ0n) is 10.6. The molecular formula is C15H14N2OS. The van der Waals surface area contributed by atoms with Crippen molar-refractivity contribution in [1.82, 2.24) is 0 Å². The van der Waals surface area contributed by atoms with Crippen LogP contribution in [0.4, 0.5) is 0 Å². The van der Waals surface area contributed by atoms with E-state index in [4.69, 9.17) is 0 Å². The van der Waals surface area contributed by atoms with Gasteiger partial charge in [-0.1, -0.05) is 29.8 Å². The molecule has 4 heteroatoms. The number of thioether (sulfide) groups is 1. The van der Waals surface area contributed by atoms with Crippen LogP contribution in [-0.4, -0.2) is 5.25 Å². The third kappa shape index (κ3) is 3.73. The van der Waals surface area contributed by atoms with Crippen molar-refractivity contribution in [2.24, 2.45) is 0 Å². The van der Waals surface area contributed by atoms with Crippen molar-refractivity contribution in [3.8, 4) is 6.07 Å². The van der Waals surface area contributed by atoms with E-state index in [1.807, 2.05) is 31.2 Å². The molecule has 3 nitrogen and oxygen atoms in total. The molecule has 0 amide bonds. The number of nitrogens with zero attached hydrogens (tertiary/aromatic N) is 2. The van der Waals surface area contributed by atoms with E-state index in [-0.39, 0.29) is 5.25 Å². The number of benzene rings is 1. The number of hydrogen-bond donors (Lipinski definition) is 0. The van der Waals surface area contributed by atoms with Gasteiger partial charge in [0.2, 0.25) is 0 Å². The highest BCUT2D eigenvalue weighted by Crippen LogP contribution is 2.22. The van der Waals surface area contributed by atoms with E-state index in [1.54, 1.807) is 18.2 Å². The maximum atomic E-state index is 11.6. The molecule has 1 atom stereocenters. The molecular weight excluding hydrogens is 256 g/mol. The lowest BCUT2D eigenvalue weighted by Gasteiger charge is -2.09. The highest BCUT2D eigenvalue weighted by atomic mass is 32.2. The minimum atomic E-state index is -0.259. The van der Waals surface area contributed by atoms with Gasteiger partial charge in [-0.2, -0.15) is 9.99 Å². The summed E-state index contributed by atoms with van der Waals surface area (Å²) in [5, 5.41) is 21.1. The van der Waals surface area contributed by atoms with Crippen LogP contribution < -0.4 is 4.73 Å². The summed E-state index contributed by atoms with van der Waals surface area (Å²) in [6, 6.07) is 15.6. The third-order valence-corrected chi connectivity index (χ3v) is 3.85. The maximum absolute atomic E-state index is 11.6. The summed E-state index contributed by atoms with van der Waals surface area (Å²) >= 11 is 1.30. The lowest BCUT2D eigenvalue weighted by Crippen LogP contribution is -2.28. The number of pyridine rings is 1. The topological polar surface area (TPSA) is 50.7 Å². The van der Waals surface area contributed by atoms with Gasteiger partial charge in [0.15, 0.2) is 6.20 Å². The molecule has 0 aliphatic heterocycles. The van der Waals surface area contributed by atoms with Gasteiger partial charge in [-0.25, -0.2) is 0 Å². The predicted molar refractivity (Wildman–Crippen MR) is 75.5 cm³/mol. The molecule has 0 bridgehead atoms. The van der Waals surface area contributed by atoms with E-state index in [0.29, 0.717) is 11.4 Å². The fourth-order valence-electron chi connectivity index (χ4n) is 1.70. The zero-order chi connectivity index (χ0) is 13.7. The van der Waals surface area contributed by atoms with Crippen molar-refractivity contribution in [2.45, 2.75) is 23.6 Å². The average molecular weight is 270 g/mol. The van der Waals surface area contributed by atoms with Gasteiger partial charge in [-0.05, 0) is 36.7 Å². The fourth-order valence-corrected chi connectivity index (χ4v) is 2.64. The van der Waals surface area contributed by atoms with Crippen LogP contribution in [0.25, 0.3) is 0 Å². The molecule has 1 aromatic carbocycles. The van der Waals surface area contributed by atoms with E-state index in [9.17, 15) is 10.5 Å². The first-order valence-corrected chi connectivity index (χ1v) is 6.87. The normalized spacial score (nSPS) is 11.8. The van der Waals surface area contributed by atoms with Gasteiger partial charge in [0.25, 0.3) is 5.03 Å². The van der Waals surface area contributed by atoms with E-state index in [0.717, 1.165) is 10.3 Å². The molecule has 0 N–H and O–H groups in total. The minimum Gasteiger partial charge on any atom is -0.618 e. The summed E-state index contributed by atoms with van der Waals surface area (Å²) < 4.78 is 0.796. The van der Waals surface area contributed by atoms with Gasteiger partial charge in [0.05, 0.1) is 6.07 Å². The van der Waals surface area contributed by atoms with E-state index in [1.165, 1.54) is 23.5 Å². The Hall–Kier alpha value is -1.99. The average Bonchev–Trinajstić information content (AvgIpc) is 2.43. The lowest BCUT2D eigenvalue weighted by atomic mass is 10.1.